The van der Waals surface area contributed by atoms with E-state index in [4.69, 9.17) is 17.4 Å². The monoisotopic (exact) mass is 282 g/mol. The van der Waals surface area contributed by atoms with Gasteiger partial charge in [0, 0.05) is 32.9 Å². The Hall–Kier alpha value is -1.37. The lowest BCUT2D eigenvalue weighted by Crippen LogP contribution is -2.32. The number of rotatable bonds is 5. The van der Waals surface area contributed by atoms with Crippen molar-refractivity contribution >= 4 is 11.6 Å². The first-order valence-corrected chi connectivity index (χ1v) is 6.59. The van der Waals surface area contributed by atoms with E-state index in [1.165, 1.54) is 0 Å². The summed E-state index contributed by atoms with van der Waals surface area (Å²) in [5.74, 6) is 6.52. The molecule has 2 aromatic heterocycles. The Kier molecular flexibility index (Phi) is 4.24. The van der Waals surface area contributed by atoms with Crippen molar-refractivity contribution in [2.45, 2.75) is 25.8 Å². The molecule has 1 unspecified atom stereocenters. The number of aryl methyl sites for hydroxylation is 3. The van der Waals surface area contributed by atoms with Gasteiger partial charge in [0.25, 0.3) is 0 Å². The Morgan fingerprint density at radius 1 is 1.47 bits per heavy atom. The maximum atomic E-state index is 6.35. The van der Waals surface area contributed by atoms with Gasteiger partial charge in [-0.25, -0.2) is 10.4 Å². The molecule has 104 valence electrons. The van der Waals surface area contributed by atoms with E-state index in [1.54, 1.807) is 6.20 Å². The molecule has 0 amide bonds. The minimum absolute atomic E-state index is 0.0994. The zero-order valence-corrected chi connectivity index (χ0v) is 12.1. The smallest absolute Gasteiger partial charge is 0.127 e. The summed E-state index contributed by atoms with van der Waals surface area (Å²) in [6.45, 7) is 2.04. The van der Waals surface area contributed by atoms with E-state index in [0.29, 0.717) is 6.42 Å². The molecule has 3 N–H and O–H groups in total. The van der Waals surface area contributed by atoms with E-state index in [2.05, 4.69) is 15.5 Å². The standard InChI is InChI=1S/C12H19ClN6/c1-4-8-11(13)10(19(3)17-8)7-9(16-14)12-15-5-6-18(12)2/h5-6,9,16H,4,7,14H2,1-3H3. The van der Waals surface area contributed by atoms with E-state index in [-0.39, 0.29) is 6.04 Å². The van der Waals surface area contributed by atoms with Crippen LogP contribution in [0.4, 0.5) is 0 Å². The summed E-state index contributed by atoms with van der Waals surface area (Å²) < 4.78 is 3.75. The lowest BCUT2D eigenvalue weighted by atomic mass is 10.1. The van der Waals surface area contributed by atoms with Gasteiger partial charge in [0.05, 0.1) is 22.5 Å². The number of imidazole rings is 1. The second-order valence-corrected chi connectivity index (χ2v) is 4.88. The summed E-state index contributed by atoms with van der Waals surface area (Å²) in [7, 11) is 3.83. The highest BCUT2D eigenvalue weighted by atomic mass is 35.5. The van der Waals surface area contributed by atoms with Gasteiger partial charge in [-0.2, -0.15) is 5.10 Å². The SMILES string of the molecule is CCc1nn(C)c(CC(NN)c2nccn2C)c1Cl. The lowest BCUT2D eigenvalue weighted by Gasteiger charge is -2.16. The Labute approximate surface area is 117 Å². The molecule has 0 saturated carbocycles. The first-order chi connectivity index (χ1) is 9.08. The third-order valence-corrected chi connectivity index (χ3v) is 3.71. The average Bonchev–Trinajstić information content (AvgIpc) is 2.93. The Morgan fingerprint density at radius 3 is 2.68 bits per heavy atom. The van der Waals surface area contributed by atoms with Crippen molar-refractivity contribution in [1.82, 2.24) is 24.8 Å². The third kappa shape index (κ3) is 2.65. The van der Waals surface area contributed by atoms with E-state index < -0.39 is 0 Å². The average molecular weight is 283 g/mol. The molecule has 2 heterocycles. The number of hydrogen-bond donors (Lipinski definition) is 2. The third-order valence-electron chi connectivity index (χ3n) is 3.27. The molecular weight excluding hydrogens is 264 g/mol. The fourth-order valence-corrected chi connectivity index (χ4v) is 2.54. The van der Waals surface area contributed by atoms with Crippen LogP contribution in [-0.4, -0.2) is 19.3 Å². The number of halogens is 1. The molecule has 0 aromatic carbocycles. The van der Waals surface area contributed by atoms with Crippen LogP contribution in [0.3, 0.4) is 0 Å². The van der Waals surface area contributed by atoms with Crippen molar-refractivity contribution in [3.8, 4) is 0 Å². The molecule has 0 aliphatic rings. The molecule has 0 aliphatic heterocycles. The molecule has 0 bridgehead atoms. The molecule has 2 aromatic rings. The van der Waals surface area contributed by atoms with Crippen molar-refractivity contribution in [3.05, 3.63) is 34.6 Å². The minimum Gasteiger partial charge on any atom is -0.337 e. The van der Waals surface area contributed by atoms with E-state index >= 15 is 0 Å². The van der Waals surface area contributed by atoms with Crippen LogP contribution in [0.15, 0.2) is 12.4 Å². The molecule has 0 spiro atoms. The highest BCUT2D eigenvalue weighted by Crippen LogP contribution is 2.25. The summed E-state index contributed by atoms with van der Waals surface area (Å²) in [4.78, 5) is 4.32. The van der Waals surface area contributed by atoms with Gasteiger partial charge in [-0.1, -0.05) is 18.5 Å². The van der Waals surface area contributed by atoms with Crippen LogP contribution >= 0.6 is 11.6 Å². The molecule has 6 nitrogen and oxygen atoms in total. The van der Waals surface area contributed by atoms with Gasteiger partial charge in [0.1, 0.15) is 5.82 Å². The number of nitrogens with zero attached hydrogens (tertiary/aromatic N) is 4. The van der Waals surface area contributed by atoms with Gasteiger partial charge in [-0.3, -0.25) is 10.5 Å². The summed E-state index contributed by atoms with van der Waals surface area (Å²) in [6, 6.07) is -0.0994. The quantitative estimate of drug-likeness (QED) is 0.637. The van der Waals surface area contributed by atoms with Gasteiger partial charge in [-0.15, -0.1) is 0 Å². The van der Waals surface area contributed by atoms with Gasteiger partial charge in [0.2, 0.25) is 0 Å². The van der Waals surface area contributed by atoms with E-state index in [1.807, 2.05) is 36.5 Å². The molecule has 1 atom stereocenters. The topological polar surface area (TPSA) is 73.7 Å². The number of hydrogen-bond acceptors (Lipinski definition) is 4. The minimum atomic E-state index is -0.0994. The van der Waals surface area contributed by atoms with Crippen molar-refractivity contribution in [2.75, 3.05) is 0 Å². The molecule has 2 rings (SSSR count). The van der Waals surface area contributed by atoms with Gasteiger partial charge >= 0.3 is 0 Å². The summed E-state index contributed by atoms with van der Waals surface area (Å²) in [5, 5.41) is 5.13. The fourth-order valence-electron chi connectivity index (χ4n) is 2.17. The van der Waals surface area contributed by atoms with E-state index in [9.17, 15) is 0 Å². The molecule has 0 radical (unpaired) electrons. The Morgan fingerprint density at radius 2 is 2.21 bits per heavy atom. The second kappa shape index (κ2) is 5.73. The van der Waals surface area contributed by atoms with Crippen molar-refractivity contribution in [1.29, 1.82) is 0 Å². The van der Waals surface area contributed by atoms with Crippen molar-refractivity contribution in [3.63, 3.8) is 0 Å². The highest BCUT2D eigenvalue weighted by Gasteiger charge is 2.20. The molecule has 19 heavy (non-hydrogen) atoms. The summed E-state index contributed by atoms with van der Waals surface area (Å²) >= 11 is 6.35. The first-order valence-electron chi connectivity index (χ1n) is 6.22. The largest absolute Gasteiger partial charge is 0.337 e. The van der Waals surface area contributed by atoms with Crippen LogP contribution in [0.5, 0.6) is 0 Å². The zero-order chi connectivity index (χ0) is 14.0. The van der Waals surface area contributed by atoms with Gasteiger partial charge in [0.15, 0.2) is 0 Å². The predicted molar refractivity (Wildman–Crippen MR) is 74.6 cm³/mol. The van der Waals surface area contributed by atoms with Crippen LogP contribution in [0.25, 0.3) is 0 Å². The van der Waals surface area contributed by atoms with Crippen LogP contribution in [-0.2, 0) is 26.9 Å². The van der Waals surface area contributed by atoms with E-state index in [0.717, 1.165) is 28.7 Å². The zero-order valence-electron chi connectivity index (χ0n) is 11.4. The summed E-state index contributed by atoms with van der Waals surface area (Å²) in [5.41, 5.74) is 4.67. The molecule has 0 saturated heterocycles. The van der Waals surface area contributed by atoms with Crippen LogP contribution in [0.1, 0.15) is 30.2 Å². The number of aromatic nitrogens is 4. The first kappa shape index (κ1) is 14.0. The maximum Gasteiger partial charge on any atom is 0.127 e. The summed E-state index contributed by atoms with van der Waals surface area (Å²) in [6.07, 6.45) is 5.10. The van der Waals surface area contributed by atoms with Crippen LogP contribution < -0.4 is 11.3 Å². The molecular formula is C12H19ClN6. The molecule has 0 fully saturated rings. The van der Waals surface area contributed by atoms with Crippen molar-refractivity contribution < 1.29 is 0 Å². The highest BCUT2D eigenvalue weighted by molar-refractivity contribution is 6.31. The van der Waals surface area contributed by atoms with Crippen LogP contribution in [0.2, 0.25) is 5.02 Å². The fraction of sp³-hybridized carbons (Fsp3) is 0.500. The van der Waals surface area contributed by atoms with Crippen LogP contribution in [0, 0.1) is 0 Å². The van der Waals surface area contributed by atoms with Gasteiger partial charge in [-0.05, 0) is 6.42 Å². The maximum absolute atomic E-state index is 6.35. The lowest BCUT2D eigenvalue weighted by molar-refractivity contribution is 0.492. The Bertz CT molecular complexity index is 559. The van der Waals surface area contributed by atoms with Gasteiger partial charge < -0.3 is 4.57 Å². The normalized spacial score (nSPS) is 12.9. The van der Waals surface area contributed by atoms with Crippen molar-refractivity contribution in [2.24, 2.45) is 19.9 Å². The number of nitrogens with two attached hydrogens (primary N) is 1. The Balaban J connectivity index is 2.29. The number of nitrogens with one attached hydrogen (secondary N) is 1. The predicted octanol–water partition coefficient (Wildman–Crippen LogP) is 1.12. The molecule has 0 aliphatic carbocycles. The number of hydrazine groups is 1. The molecule has 7 heteroatoms. The second-order valence-electron chi connectivity index (χ2n) is 4.50.